The standard InChI is InChI=1S/C18H33N3/c1-5-12-19-17(18(4)10-8-9-11-18)14-16-13-15(6-2)20-21(16)7-3/h13,17,19H,5-12,14H2,1-4H3. The molecule has 0 spiro atoms. The molecule has 0 bridgehead atoms. The van der Waals surface area contributed by atoms with Crippen LogP contribution in [0.1, 0.15) is 71.2 Å². The quantitative estimate of drug-likeness (QED) is 0.786. The van der Waals surface area contributed by atoms with Crippen LogP contribution < -0.4 is 5.32 Å². The van der Waals surface area contributed by atoms with E-state index in [9.17, 15) is 0 Å². The largest absolute Gasteiger partial charge is 0.313 e. The minimum Gasteiger partial charge on any atom is -0.313 e. The summed E-state index contributed by atoms with van der Waals surface area (Å²) in [5, 5.41) is 8.56. The Hall–Kier alpha value is -0.830. The molecule has 2 rings (SSSR count). The van der Waals surface area contributed by atoms with Crippen molar-refractivity contribution in [1.82, 2.24) is 15.1 Å². The lowest BCUT2D eigenvalue weighted by atomic mass is 9.78. The van der Waals surface area contributed by atoms with Gasteiger partial charge in [-0.15, -0.1) is 0 Å². The van der Waals surface area contributed by atoms with E-state index in [2.05, 4.69) is 43.8 Å². The Morgan fingerprint density at radius 3 is 2.57 bits per heavy atom. The van der Waals surface area contributed by atoms with Gasteiger partial charge in [-0.2, -0.15) is 5.10 Å². The fourth-order valence-corrected chi connectivity index (χ4v) is 3.75. The van der Waals surface area contributed by atoms with Crippen LogP contribution in [-0.4, -0.2) is 22.4 Å². The zero-order valence-corrected chi connectivity index (χ0v) is 14.4. The average molecular weight is 291 g/mol. The molecule has 1 heterocycles. The summed E-state index contributed by atoms with van der Waals surface area (Å²) in [6.45, 7) is 11.2. The van der Waals surface area contributed by atoms with Crippen LogP contribution >= 0.6 is 0 Å². The first-order chi connectivity index (χ1) is 10.1. The van der Waals surface area contributed by atoms with Crippen LogP contribution in [0.2, 0.25) is 0 Å². The first-order valence-electron chi connectivity index (χ1n) is 8.92. The van der Waals surface area contributed by atoms with Crippen LogP contribution in [0.5, 0.6) is 0 Å². The predicted molar refractivity (Wildman–Crippen MR) is 89.6 cm³/mol. The van der Waals surface area contributed by atoms with Gasteiger partial charge in [-0.25, -0.2) is 0 Å². The fraction of sp³-hybridized carbons (Fsp3) is 0.833. The Labute approximate surface area is 130 Å². The molecule has 0 amide bonds. The molecule has 120 valence electrons. The van der Waals surface area contributed by atoms with Crippen LogP contribution in [0.3, 0.4) is 0 Å². The highest BCUT2D eigenvalue weighted by Crippen LogP contribution is 2.41. The summed E-state index contributed by atoms with van der Waals surface area (Å²) in [5.74, 6) is 0. The highest BCUT2D eigenvalue weighted by Gasteiger charge is 2.37. The van der Waals surface area contributed by atoms with Gasteiger partial charge >= 0.3 is 0 Å². The predicted octanol–water partition coefficient (Wildman–Crippen LogP) is 3.96. The Bertz CT molecular complexity index is 430. The molecule has 1 atom stereocenters. The van der Waals surface area contributed by atoms with Gasteiger partial charge in [0.25, 0.3) is 0 Å². The van der Waals surface area contributed by atoms with Crippen molar-refractivity contribution in [2.45, 2.75) is 85.2 Å². The van der Waals surface area contributed by atoms with Gasteiger partial charge in [0, 0.05) is 24.7 Å². The summed E-state index contributed by atoms with van der Waals surface area (Å²) >= 11 is 0. The van der Waals surface area contributed by atoms with Crippen molar-refractivity contribution in [3.05, 3.63) is 17.5 Å². The van der Waals surface area contributed by atoms with E-state index in [1.165, 1.54) is 43.5 Å². The molecule has 1 fully saturated rings. The molecule has 0 aliphatic heterocycles. The lowest BCUT2D eigenvalue weighted by Gasteiger charge is -2.35. The van der Waals surface area contributed by atoms with Crippen LogP contribution in [0.4, 0.5) is 0 Å². The second kappa shape index (κ2) is 7.44. The smallest absolute Gasteiger partial charge is 0.0624 e. The maximum atomic E-state index is 4.72. The van der Waals surface area contributed by atoms with E-state index < -0.39 is 0 Å². The number of rotatable bonds is 8. The fourth-order valence-electron chi connectivity index (χ4n) is 3.75. The van der Waals surface area contributed by atoms with Crippen LogP contribution in [0.15, 0.2) is 6.07 Å². The van der Waals surface area contributed by atoms with Gasteiger partial charge in [-0.05, 0) is 50.6 Å². The van der Waals surface area contributed by atoms with E-state index in [4.69, 9.17) is 5.10 Å². The van der Waals surface area contributed by atoms with Gasteiger partial charge < -0.3 is 5.32 Å². The number of nitrogens with zero attached hydrogens (tertiary/aromatic N) is 2. The third-order valence-corrected chi connectivity index (χ3v) is 5.22. The summed E-state index contributed by atoms with van der Waals surface area (Å²) in [6.07, 6.45) is 8.90. The zero-order valence-electron chi connectivity index (χ0n) is 14.4. The minimum absolute atomic E-state index is 0.463. The second-order valence-corrected chi connectivity index (χ2v) is 6.87. The third kappa shape index (κ3) is 3.88. The maximum absolute atomic E-state index is 4.72. The van der Waals surface area contributed by atoms with Gasteiger partial charge in [-0.3, -0.25) is 4.68 Å². The molecule has 1 aliphatic carbocycles. The van der Waals surface area contributed by atoms with Gasteiger partial charge in [0.15, 0.2) is 0 Å². The molecular weight excluding hydrogens is 258 g/mol. The summed E-state index contributed by atoms with van der Waals surface area (Å²) in [6, 6.07) is 2.91. The normalized spacial score (nSPS) is 19.0. The van der Waals surface area contributed by atoms with Gasteiger partial charge in [-0.1, -0.05) is 33.6 Å². The van der Waals surface area contributed by atoms with Crippen molar-refractivity contribution < 1.29 is 0 Å². The molecule has 3 heteroatoms. The Morgan fingerprint density at radius 2 is 2.00 bits per heavy atom. The lowest BCUT2D eigenvalue weighted by molar-refractivity contribution is 0.217. The molecule has 1 unspecified atom stereocenters. The van der Waals surface area contributed by atoms with E-state index in [0.717, 1.165) is 25.9 Å². The molecule has 1 N–H and O–H groups in total. The number of hydrogen-bond donors (Lipinski definition) is 1. The number of nitrogens with one attached hydrogen (secondary N) is 1. The molecule has 0 radical (unpaired) electrons. The van der Waals surface area contributed by atoms with Crippen LogP contribution in [0.25, 0.3) is 0 Å². The molecule has 1 aliphatic rings. The minimum atomic E-state index is 0.463. The van der Waals surface area contributed by atoms with Crippen LogP contribution in [0, 0.1) is 5.41 Å². The third-order valence-electron chi connectivity index (χ3n) is 5.22. The Balaban J connectivity index is 2.15. The SMILES string of the molecule is CCCNC(Cc1cc(CC)nn1CC)C1(C)CCCC1. The van der Waals surface area contributed by atoms with E-state index in [1.54, 1.807) is 0 Å². The molecule has 1 aromatic rings. The Kier molecular flexibility index (Phi) is 5.86. The monoisotopic (exact) mass is 291 g/mol. The molecule has 0 saturated heterocycles. The first-order valence-corrected chi connectivity index (χ1v) is 8.92. The van der Waals surface area contributed by atoms with E-state index >= 15 is 0 Å². The highest BCUT2D eigenvalue weighted by atomic mass is 15.3. The second-order valence-electron chi connectivity index (χ2n) is 6.87. The van der Waals surface area contributed by atoms with E-state index in [-0.39, 0.29) is 0 Å². The van der Waals surface area contributed by atoms with Crippen molar-refractivity contribution in [1.29, 1.82) is 0 Å². The van der Waals surface area contributed by atoms with Gasteiger partial charge in [0.05, 0.1) is 5.69 Å². The molecular formula is C18H33N3. The first kappa shape index (κ1) is 16.5. The molecule has 1 aromatic heterocycles. The van der Waals surface area contributed by atoms with Crippen LogP contribution in [-0.2, 0) is 19.4 Å². The molecule has 0 aromatic carbocycles. The maximum Gasteiger partial charge on any atom is 0.0624 e. The lowest BCUT2D eigenvalue weighted by Crippen LogP contribution is -2.44. The summed E-state index contributed by atoms with van der Waals surface area (Å²) < 4.78 is 2.21. The average Bonchev–Trinajstić information content (AvgIpc) is 3.10. The Morgan fingerprint density at radius 1 is 1.29 bits per heavy atom. The highest BCUT2D eigenvalue weighted by molar-refractivity contribution is 5.13. The van der Waals surface area contributed by atoms with E-state index in [1.807, 2.05) is 0 Å². The van der Waals surface area contributed by atoms with Crippen molar-refractivity contribution in [3.63, 3.8) is 0 Å². The van der Waals surface area contributed by atoms with E-state index in [0.29, 0.717) is 11.5 Å². The summed E-state index contributed by atoms with van der Waals surface area (Å²) in [4.78, 5) is 0. The number of hydrogen-bond acceptors (Lipinski definition) is 2. The summed E-state index contributed by atoms with van der Waals surface area (Å²) in [5.41, 5.74) is 3.11. The number of aromatic nitrogens is 2. The van der Waals surface area contributed by atoms with Crippen molar-refractivity contribution in [3.8, 4) is 0 Å². The summed E-state index contributed by atoms with van der Waals surface area (Å²) in [7, 11) is 0. The molecule has 3 nitrogen and oxygen atoms in total. The topological polar surface area (TPSA) is 29.9 Å². The number of aryl methyl sites for hydroxylation is 2. The van der Waals surface area contributed by atoms with Crippen molar-refractivity contribution in [2.24, 2.45) is 5.41 Å². The molecule has 21 heavy (non-hydrogen) atoms. The van der Waals surface area contributed by atoms with Gasteiger partial charge in [0.1, 0.15) is 0 Å². The van der Waals surface area contributed by atoms with Crippen molar-refractivity contribution >= 4 is 0 Å². The zero-order chi connectivity index (χ0) is 15.3. The molecule has 1 saturated carbocycles. The van der Waals surface area contributed by atoms with Crippen molar-refractivity contribution in [2.75, 3.05) is 6.54 Å². The van der Waals surface area contributed by atoms with Gasteiger partial charge in [0.2, 0.25) is 0 Å².